The molecule has 0 amide bonds. The lowest BCUT2D eigenvalue weighted by Gasteiger charge is -1.97. The molecule has 4 nitrogen and oxygen atoms in total. The number of thiophene rings is 1. The van der Waals surface area contributed by atoms with Gasteiger partial charge in [-0.3, -0.25) is 0 Å². The van der Waals surface area contributed by atoms with Crippen LogP contribution in [0.2, 0.25) is 0 Å². The molecule has 0 spiro atoms. The number of nitriles is 1. The van der Waals surface area contributed by atoms with E-state index in [1.807, 2.05) is 0 Å². The molecule has 0 radical (unpaired) electrons. The second-order valence-electron chi connectivity index (χ2n) is 4.06. The molecule has 2 heterocycles. The standard InChI is InChI=1S/C14H8FN3OS/c15-11-4-2-1-3-9(11)7-12-17-14(19-18-12)13-10(8-16)5-6-20-13/h1-6H,7H2. The molecule has 20 heavy (non-hydrogen) atoms. The van der Waals surface area contributed by atoms with E-state index in [4.69, 9.17) is 9.78 Å². The minimum atomic E-state index is -0.298. The molecule has 0 saturated carbocycles. The molecule has 0 atom stereocenters. The first-order chi connectivity index (χ1) is 9.78. The van der Waals surface area contributed by atoms with Gasteiger partial charge in [0.25, 0.3) is 5.89 Å². The summed E-state index contributed by atoms with van der Waals surface area (Å²) in [6.07, 6.45) is 0.253. The maximum absolute atomic E-state index is 13.5. The molecule has 2 aromatic heterocycles. The van der Waals surface area contributed by atoms with Gasteiger partial charge in [-0.05, 0) is 23.1 Å². The number of halogens is 1. The van der Waals surface area contributed by atoms with Crippen molar-refractivity contribution in [2.75, 3.05) is 0 Å². The van der Waals surface area contributed by atoms with Crippen LogP contribution in [0.1, 0.15) is 17.0 Å². The number of hydrogen-bond acceptors (Lipinski definition) is 5. The minimum Gasteiger partial charge on any atom is -0.333 e. The summed E-state index contributed by atoms with van der Waals surface area (Å²) >= 11 is 1.36. The van der Waals surface area contributed by atoms with Crippen LogP contribution >= 0.6 is 11.3 Å². The van der Waals surface area contributed by atoms with E-state index in [9.17, 15) is 4.39 Å². The highest BCUT2D eigenvalue weighted by Crippen LogP contribution is 2.27. The second kappa shape index (κ2) is 5.23. The largest absolute Gasteiger partial charge is 0.333 e. The molecule has 3 rings (SSSR count). The molecule has 0 fully saturated rings. The Morgan fingerprint density at radius 1 is 1.30 bits per heavy atom. The molecule has 1 aromatic carbocycles. The van der Waals surface area contributed by atoms with Crippen LogP contribution in [-0.4, -0.2) is 10.1 Å². The van der Waals surface area contributed by atoms with Crippen LogP contribution in [0.4, 0.5) is 4.39 Å². The molecular formula is C14H8FN3OS. The van der Waals surface area contributed by atoms with Gasteiger partial charge in [0, 0.05) is 6.42 Å². The number of hydrogen-bond donors (Lipinski definition) is 0. The first kappa shape index (κ1) is 12.5. The number of nitrogens with zero attached hydrogens (tertiary/aromatic N) is 3. The third-order valence-corrected chi connectivity index (χ3v) is 3.66. The molecular weight excluding hydrogens is 277 g/mol. The predicted octanol–water partition coefficient (Wildman–Crippen LogP) is 3.40. The van der Waals surface area contributed by atoms with Crippen LogP contribution in [0.15, 0.2) is 40.2 Å². The lowest BCUT2D eigenvalue weighted by molar-refractivity contribution is 0.424. The van der Waals surface area contributed by atoms with Gasteiger partial charge in [0.1, 0.15) is 16.8 Å². The number of rotatable bonds is 3. The van der Waals surface area contributed by atoms with Crippen molar-refractivity contribution in [1.82, 2.24) is 10.1 Å². The van der Waals surface area contributed by atoms with Gasteiger partial charge in [0.15, 0.2) is 5.82 Å². The number of aromatic nitrogens is 2. The van der Waals surface area contributed by atoms with Gasteiger partial charge in [0.2, 0.25) is 0 Å². The Kier molecular flexibility index (Phi) is 3.27. The second-order valence-corrected chi connectivity index (χ2v) is 4.98. The van der Waals surface area contributed by atoms with Crippen molar-refractivity contribution < 1.29 is 8.91 Å². The Labute approximate surface area is 118 Å². The molecule has 98 valence electrons. The van der Waals surface area contributed by atoms with E-state index >= 15 is 0 Å². The average molecular weight is 285 g/mol. The maximum atomic E-state index is 13.5. The Morgan fingerprint density at radius 2 is 2.15 bits per heavy atom. The van der Waals surface area contributed by atoms with Gasteiger partial charge < -0.3 is 4.52 Å². The third kappa shape index (κ3) is 2.31. The summed E-state index contributed by atoms with van der Waals surface area (Å²) < 4.78 is 18.7. The van der Waals surface area contributed by atoms with Gasteiger partial charge in [-0.1, -0.05) is 23.4 Å². The molecule has 0 bridgehead atoms. The molecule has 6 heteroatoms. The monoisotopic (exact) mass is 285 g/mol. The van der Waals surface area contributed by atoms with Crippen LogP contribution in [0.5, 0.6) is 0 Å². The Balaban J connectivity index is 1.88. The lowest BCUT2D eigenvalue weighted by Crippen LogP contribution is -1.94. The van der Waals surface area contributed by atoms with Crippen LogP contribution in [-0.2, 0) is 6.42 Å². The van der Waals surface area contributed by atoms with E-state index in [1.54, 1.807) is 29.6 Å². The Bertz CT molecular complexity index is 788. The normalized spacial score (nSPS) is 10.4. The van der Waals surface area contributed by atoms with Gasteiger partial charge in [-0.15, -0.1) is 11.3 Å². The van der Waals surface area contributed by atoms with Crippen molar-refractivity contribution >= 4 is 11.3 Å². The topological polar surface area (TPSA) is 62.7 Å². The molecule has 0 aliphatic carbocycles. The van der Waals surface area contributed by atoms with Crippen molar-refractivity contribution in [3.63, 3.8) is 0 Å². The predicted molar refractivity (Wildman–Crippen MR) is 71.5 cm³/mol. The fourth-order valence-corrected chi connectivity index (χ4v) is 2.56. The van der Waals surface area contributed by atoms with Gasteiger partial charge in [-0.2, -0.15) is 10.2 Å². The minimum absolute atomic E-state index is 0.253. The molecule has 3 aromatic rings. The maximum Gasteiger partial charge on any atom is 0.269 e. The summed E-state index contributed by atoms with van der Waals surface area (Å²) in [7, 11) is 0. The van der Waals surface area contributed by atoms with Crippen molar-refractivity contribution in [2.24, 2.45) is 0 Å². The van der Waals surface area contributed by atoms with Crippen molar-refractivity contribution in [3.05, 3.63) is 58.5 Å². The lowest BCUT2D eigenvalue weighted by atomic mass is 10.1. The highest BCUT2D eigenvalue weighted by Gasteiger charge is 2.15. The van der Waals surface area contributed by atoms with E-state index in [-0.39, 0.29) is 12.2 Å². The zero-order valence-corrected chi connectivity index (χ0v) is 11.0. The molecule has 0 unspecified atom stereocenters. The van der Waals surface area contributed by atoms with Crippen molar-refractivity contribution in [3.8, 4) is 16.8 Å². The van der Waals surface area contributed by atoms with Crippen LogP contribution in [0.3, 0.4) is 0 Å². The first-order valence-corrected chi connectivity index (χ1v) is 6.70. The van der Waals surface area contributed by atoms with E-state index in [2.05, 4.69) is 16.2 Å². The highest BCUT2D eigenvalue weighted by atomic mass is 32.1. The van der Waals surface area contributed by atoms with E-state index in [0.717, 1.165) is 0 Å². The molecule has 0 saturated heterocycles. The summed E-state index contributed by atoms with van der Waals surface area (Å²) in [5.41, 5.74) is 1.00. The smallest absolute Gasteiger partial charge is 0.269 e. The summed E-state index contributed by atoms with van der Waals surface area (Å²) in [5, 5.41) is 14.6. The zero-order chi connectivity index (χ0) is 13.9. The zero-order valence-electron chi connectivity index (χ0n) is 10.2. The summed E-state index contributed by atoms with van der Waals surface area (Å²) in [5.74, 6) is 0.387. The summed E-state index contributed by atoms with van der Waals surface area (Å²) in [6.45, 7) is 0. The summed E-state index contributed by atoms with van der Waals surface area (Å²) in [6, 6.07) is 10.2. The highest BCUT2D eigenvalue weighted by molar-refractivity contribution is 7.13. The van der Waals surface area contributed by atoms with Crippen LogP contribution < -0.4 is 0 Å². The fourth-order valence-electron chi connectivity index (χ4n) is 1.79. The fraction of sp³-hybridized carbons (Fsp3) is 0.0714. The Hall–Kier alpha value is -2.52. The van der Waals surface area contributed by atoms with E-state index < -0.39 is 0 Å². The third-order valence-electron chi connectivity index (χ3n) is 2.75. The van der Waals surface area contributed by atoms with Gasteiger partial charge in [0.05, 0.1) is 5.56 Å². The quantitative estimate of drug-likeness (QED) is 0.740. The molecule has 0 aliphatic heterocycles. The SMILES string of the molecule is N#Cc1ccsc1-c1nc(Cc2ccccc2F)no1. The van der Waals surface area contributed by atoms with Crippen LogP contribution in [0, 0.1) is 17.1 Å². The average Bonchev–Trinajstić information content (AvgIpc) is 3.09. The van der Waals surface area contributed by atoms with Gasteiger partial charge >= 0.3 is 0 Å². The Morgan fingerprint density at radius 3 is 2.95 bits per heavy atom. The van der Waals surface area contributed by atoms with Crippen molar-refractivity contribution in [2.45, 2.75) is 6.42 Å². The van der Waals surface area contributed by atoms with Crippen molar-refractivity contribution in [1.29, 1.82) is 5.26 Å². The first-order valence-electron chi connectivity index (χ1n) is 5.82. The van der Waals surface area contributed by atoms with E-state index in [1.165, 1.54) is 17.4 Å². The van der Waals surface area contributed by atoms with E-state index in [0.29, 0.717) is 27.7 Å². The summed E-state index contributed by atoms with van der Waals surface area (Å²) in [4.78, 5) is 4.85. The van der Waals surface area contributed by atoms with Crippen LogP contribution in [0.25, 0.3) is 10.8 Å². The van der Waals surface area contributed by atoms with Gasteiger partial charge in [-0.25, -0.2) is 4.39 Å². The molecule has 0 N–H and O–H groups in total. The number of benzene rings is 1. The molecule has 0 aliphatic rings.